The Kier molecular flexibility index (Phi) is 11.9. The first-order valence-electron chi connectivity index (χ1n) is 16.2. The first-order chi connectivity index (χ1) is 20.7. The second-order valence-corrected chi connectivity index (χ2v) is 12.8. The number of amides is 3. The van der Waals surface area contributed by atoms with Gasteiger partial charge in [-0.15, -0.1) is 0 Å². The maximum absolute atomic E-state index is 13.5. The summed E-state index contributed by atoms with van der Waals surface area (Å²) in [7, 11) is 0. The number of likely N-dealkylation sites (N-methyl/N-ethyl adjacent to an activating group) is 1. The van der Waals surface area contributed by atoms with E-state index in [1.165, 1.54) is 12.0 Å². The monoisotopic (exact) mass is 608 g/mol. The summed E-state index contributed by atoms with van der Waals surface area (Å²) in [4.78, 5) is 46.4. The average molecular weight is 609 g/mol. The third kappa shape index (κ3) is 8.75. The minimum Gasteiger partial charge on any atom is -0.370 e. The van der Waals surface area contributed by atoms with Crippen LogP contribution in [0.3, 0.4) is 0 Å². The van der Waals surface area contributed by atoms with E-state index in [0.717, 1.165) is 70.4 Å². The van der Waals surface area contributed by atoms with E-state index in [1.54, 1.807) is 24.3 Å². The SMILES string of the molecule is CCN(CC)C(=O)C1=CCCC(C)=C(N2CCC(CC(=O)N3CCCC(C)CC3)CC2)C(NC(=O)c2cccc(Cl)c2)=C1. The van der Waals surface area contributed by atoms with Crippen LogP contribution in [0.15, 0.2) is 59.0 Å². The van der Waals surface area contributed by atoms with Crippen LogP contribution in [-0.4, -0.2) is 71.7 Å². The first kappa shape index (κ1) is 32.8. The molecule has 2 fully saturated rings. The second-order valence-electron chi connectivity index (χ2n) is 12.4. The average Bonchev–Trinajstić information content (AvgIpc) is 3.21. The van der Waals surface area contributed by atoms with Gasteiger partial charge in [-0.3, -0.25) is 14.4 Å². The van der Waals surface area contributed by atoms with E-state index in [-0.39, 0.29) is 11.8 Å². The molecule has 1 aromatic carbocycles. The maximum atomic E-state index is 13.5. The smallest absolute Gasteiger partial charge is 0.255 e. The van der Waals surface area contributed by atoms with Gasteiger partial charge in [0.2, 0.25) is 5.91 Å². The van der Waals surface area contributed by atoms with Crippen LogP contribution in [0.4, 0.5) is 0 Å². The minimum atomic E-state index is -0.262. The van der Waals surface area contributed by atoms with Crippen LogP contribution in [0.2, 0.25) is 5.02 Å². The normalized spacial score (nSPS) is 20.4. The largest absolute Gasteiger partial charge is 0.370 e. The summed E-state index contributed by atoms with van der Waals surface area (Å²) in [6, 6.07) is 6.90. The van der Waals surface area contributed by atoms with Crippen molar-refractivity contribution in [2.75, 3.05) is 39.3 Å². The van der Waals surface area contributed by atoms with Crippen molar-refractivity contribution in [3.05, 3.63) is 69.5 Å². The van der Waals surface area contributed by atoms with Crippen molar-refractivity contribution in [1.29, 1.82) is 0 Å². The third-order valence-corrected chi connectivity index (χ3v) is 9.47. The van der Waals surface area contributed by atoms with Gasteiger partial charge in [-0.2, -0.15) is 0 Å². The fraction of sp³-hybridized carbons (Fsp3) is 0.571. The number of nitrogens with zero attached hydrogens (tertiary/aromatic N) is 3. The lowest BCUT2D eigenvalue weighted by molar-refractivity contribution is -0.132. The summed E-state index contributed by atoms with van der Waals surface area (Å²) in [5.74, 6) is 1.06. The Morgan fingerprint density at radius 3 is 2.47 bits per heavy atom. The number of carbonyl (C=O) groups is 3. The molecule has 0 radical (unpaired) electrons. The zero-order valence-electron chi connectivity index (χ0n) is 26.5. The topological polar surface area (TPSA) is 73.0 Å². The number of piperidine rings is 1. The van der Waals surface area contributed by atoms with Crippen molar-refractivity contribution < 1.29 is 14.4 Å². The Morgan fingerprint density at radius 2 is 1.77 bits per heavy atom. The van der Waals surface area contributed by atoms with Crippen LogP contribution in [0.5, 0.6) is 0 Å². The summed E-state index contributed by atoms with van der Waals surface area (Å²) in [6.07, 6.45) is 11.3. The molecule has 1 N–H and O–H groups in total. The molecule has 3 aliphatic rings. The van der Waals surface area contributed by atoms with Crippen LogP contribution in [0.25, 0.3) is 0 Å². The second kappa shape index (κ2) is 15.6. The van der Waals surface area contributed by atoms with Crippen molar-refractivity contribution in [2.45, 2.75) is 79.1 Å². The van der Waals surface area contributed by atoms with Gasteiger partial charge in [0.1, 0.15) is 0 Å². The fourth-order valence-electron chi connectivity index (χ4n) is 6.53. The van der Waals surface area contributed by atoms with Gasteiger partial charge >= 0.3 is 0 Å². The molecule has 3 amide bonds. The predicted octanol–water partition coefficient (Wildman–Crippen LogP) is 6.57. The molecular formula is C35H49ClN4O3. The van der Waals surface area contributed by atoms with E-state index < -0.39 is 0 Å². The molecule has 1 unspecified atom stereocenters. The van der Waals surface area contributed by atoms with Gasteiger partial charge in [-0.1, -0.05) is 30.7 Å². The summed E-state index contributed by atoms with van der Waals surface area (Å²) in [6.45, 7) is 13.0. The van der Waals surface area contributed by atoms with Gasteiger partial charge in [0.15, 0.2) is 0 Å². The van der Waals surface area contributed by atoms with Gasteiger partial charge < -0.3 is 20.0 Å². The molecular weight excluding hydrogens is 560 g/mol. The lowest BCUT2D eigenvalue weighted by Gasteiger charge is -2.38. The number of halogens is 1. The molecule has 2 saturated heterocycles. The molecule has 1 atom stereocenters. The van der Waals surface area contributed by atoms with E-state index in [0.29, 0.717) is 59.1 Å². The highest BCUT2D eigenvalue weighted by Gasteiger charge is 2.29. The maximum Gasteiger partial charge on any atom is 0.255 e. The number of carbonyl (C=O) groups excluding carboxylic acids is 3. The summed E-state index contributed by atoms with van der Waals surface area (Å²) >= 11 is 6.20. The number of hydrogen-bond donors (Lipinski definition) is 1. The molecule has 0 aromatic heterocycles. The van der Waals surface area contributed by atoms with Crippen molar-refractivity contribution in [3.63, 3.8) is 0 Å². The quantitative estimate of drug-likeness (QED) is 0.362. The van der Waals surface area contributed by atoms with E-state index in [2.05, 4.69) is 29.0 Å². The Morgan fingerprint density at radius 1 is 1.02 bits per heavy atom. The van der Waals surface area contributed by atoms with Crippen LogP contribution >= 0.6 is 11.6 Å². The molecule has 2 heterocycles. The molecule has 2 aliphatic heterocycles. The number of nitrogens with one attached hydrogen (secondary N) is 1. The van der Waals surface area contributed by atoms with Crippen LogP contribution in [-0.2, 0) is 9.59 Å². The number of hydrogen-bond acceptors (Lipinski definition) is 4. The lowest BCUT2D eigenvalue weighted by Crippen LogP contribution is -2.40. The molecule has 8 heteroatoms. The Labute approximate surface area is 263 Å². The van der Waals surface area contributed by atoms with Crippen molar-refractivity contribution in [2.24, 2.45) is 11.8 Å². The summed E-state index contributed by atoms with van der Waals surface area (Å²) < 4.78 is 0. The zero-order chi connectivity index (χ0) is 30.9. The highest BCUT2D eigenvalue weighted by atomic mass is 35.5. The molecule has 1 aromatic rings. The van der Waals surface area contributed by atoms with Crippen molar-refractivity contribution in [1.82, 2.24) is 20.0 Å². The molecule has 7 nitrogen and oxygen atoms in total. The van der Waals surface area contributed by atoms with E-state index in [4.69, 9.17) is 11.6 Å². The first-order valence-corrected chi connectivity index (χ1v) is 16.6. The number of allylic oxidation sites excluding steroid dienone is 2. The Balaban J connectivity index is 1.54. The van der Waals surface area contributed by atoms with Crippen molar-refractivity contribution >= 4 is 29.3 Å². The van der Waals surface area contributed by atoms with E-state index >= 15 is 0 Å². The minimum absolute atomic E-state index is 0.0291. The van der Waals surface area contributed by atoms with E-state index in [1.807, 2.05) is 30.9 Å². The summed E-state index contributed by atoms with van der Waals surface area (Å²) in [5, 5.41) is 3.65. The lowest BCUT2D eigenvalue weighted by atomic mass is 9.91. The molecule has 43 heavy (non-hydrogen) atoms. The highest BCUT2D eigenvalue weighted by Crippen LogP contribution is 2.31. The van der Waals surface area contributed by atoms with Gasteiger partial charge in [0.25, 0.3) is 11.8 Å². The van der Waals surface area contributed by atoms with Crippen LogP contribution < -0.4 is 5.32 Å². The van der Waals surface area contributed by atoms with Crippen molar-refractivity contribution in [3.8, 4) is 0 Å². The number of rotatable bonds is 8. The van der Waals surface area contributed by atoms with Gasteiger partial charge in [0.05, 0.1) is 11.4 Å². The molecule has 1 aliphatic carbocycles. The van der Waals surface area contributed by atoms with Crippen LogP contribution in [0.1, 0.15) is 89.4 Å². The van der Waals surface area contributed by atoms with Gasteiger partial charge in [-0.05, 0) is 107 Å². The summed E-state index contributed by atoms with van der Waals surface area (Å²) in [5.41, 5.74) is 3.87. The number of likely N-dealkylation sites (tertiary alicyclic amines) is 2. The Bertz CT molecular complexity index is 1260. The molecule has 4 rings (SSSR count). The van der Waals surface area contributed by atoms with Crippen LogP contribution in [0, 0.1) is 11.8 Å². The predicted molar refractivity (Wildman–Crippen MR) is 173 cm³/mol. The third-order valence-electron chi connectivity index (χ3n) is 9.24. The van der Waals surface area contributed by atoms with E-state index in [9.17, 15) is 14.4 Å². The zero-order valence-corrected chi connectivity index (χ0v) is 27.2. The molecule has 0 spiro atoms. The number of benzene rings is 1. The molecule has 234 valence electrons. The Hall–Kier alpha value is -3.06. The highest BCUT2D eigenvalue weighted by molar-refractivity contribution is 6.31. The molecule has 0 bridgehead atoms. The standard InChI is InChI=1S/C35H49ClN4O3/c1-5-38(6-2)35(43)29-13-7-11-26(4)33(31(24-29)37-34(42)28-12-8-14-30(36)23-28)40-20-16-27(17-21-40)22-32(41)39-18-9-10-25(3)15-19-39/h8,12-14,23-25,27H,5-7,9-11,15-22H2,1-4H3,(H,37,42). The van der Waals surface area contributed by atoms with Gasteiger partial charge in [0, 0.05) is 61.8 Å². The molecule has 0 saturated carbocycles. The fourth-order valence-corrected chi connectivity index (χ4v) is 6.72. The van der Waals surface area contributed by atoms with Gasteiger partial charge in [-0.25, -0.2) is 0 Å².